The summed E-state index contributed by atoms with van der Waals surface area (Å²) in [4.78, 5) is 0.915. The van der Waals surface area contributed by atoms with Gasteiger partial charge in [0, 0.05) is 10.4 Å². The molecule has 0 radical (unpaired) electrons. The normalized spacial score (nSPS) is 13.8. The van der Waals surface area contributed by atoms with Crippen molar-refractivity contribution in [3.05, 3.63) is 66.0 Å². The van der Waals surface area contributed by atoms with Gasteiger partial charge in [0.1, 0.15) is 5.82 Å². The molecular formula is C23H23FOS. The largest absolute Gasteiger partial charge is 0.484 e. The number of aryl methyl sites for hydroxylation is 1. The van der Waals surface area contributed by atoms with Crippen LogP contribution in [0.2, 0.25) is 0 Å². The van der Waals surface area contributed by atoms with Crippen LogP contribution in [0.25, 0.3) is 21.6 Å². The Morgan fingerprint density at radius 2 is 1.77 bits per heavy atom. The zero-order chi connectivity index (χ0) is 17.9. The van der Waals surface area contributed by atoms with Gasteiger partial charge in [-0.2, -0.15) is 0 Å². The number of halogens is 1. The smallest absolute Gasteiger partial charge is 0.174 e. The molecule has 4 rings (SSSR count). The minimum Gasteiger partial charge on any atom is -0.484 e. The molecule has 0 amide bonds. The molecule has 0 spiro atoms. The Morgan fingerprint density at radius 1 is 1.00 bits per heavy atom. The Balaban J connectivity index is 1.51. The van der Waals surface area contributed by atoms with Crippen LogP contribution in [-0.2, 0) is 6.42 Å². The Bertz CT molecular complexity index is 877. The Kier molecular flexibility index (Phi) is 5.07. The first-order chi connectivity index (χ1) is 12.7. The molecule has 1 fully saturated rings. The van der Waals surface area contributed by atoms with Crippen molar-refractivity contribution in [3.8, 4) is 26.6 Å². The fourth-order valence-electron chi connectivity index (χ4n) is 3.07. The minimum atomic E-state index is -0.185. The number of thiophene rings is 1. The summed E-state index contributed by atoms with van der Waals surface area (Å²) < 4.78 is 20.5. The number of hydrogen-bond donors (Lipinski definition) is 0. The second-order valence-corrected chi connectivity index (χ2v) is 8.06. The average molecular weight is 367 g/mol. The van der Waals surface area contributed by atoms with E-state index in [0.717, 1.165) is 46.4 Å². The summed E-state index contributed by atoms with van der Waals surface area (Å²) in [5.74, 6) is 0.538. The Labute approximate surface area is 158 Å². The molecule has 2 aromatic carbocycles. The summed E-state index contributed by atoms with van der Waals surface area (Å²) in [6.45, 7) is 2.96. The highest BCUT2D eigenvalue weighted by Crippen LogP contribution is 2.37. The van der Waals surface area contributed by atoms with Crippen LogP contribution in [0, 0.1) is 11.7 Å². The Morgan fingerprint density at radius 3 is 2.46 bits per heavy atom. The first-order valence-corrected chi connectivity index (χ1v) is 10.2. The Hall–Kier alpha value is -2.13. The van der Waals surface area contributed by atoms with Crippen molar-refractivity contribution in [3.63, 3.8) is 0 Å². The van der Waals surface area contributed by atoms with Crippen LogP contribution in [0.4, 0.5) is 4.39 Å². The third-order valence-electron chi connectivity index (χ3n) is 4.80. The fraction of sp³-hybridized carbons (Fsp3) is 0.304. The second-order valence-electron chi connectivity index (χ2n) is 7.01. The zero-order valence-electron chi connectivity index (χ0n) is 15.0. The van der Waals surface area contributed by atoms with Gasteiger partial charge in [0.25, 0.3) is 0 Å². The summed E-state index contributed by atoms with van der Waals surface area (Å²) in [6.07, 6.45) is 4.76. The molecule has 1 aliphatic rings. The molecule has 0 N–H and O–H groups in total. The van der Waals surface area contributed by atoms with Crippen molar-refractivity contribution >= 4 is 11.3 Å². The maximum absolute atomic E-state index is 14.7. The highest BCUT2D eigenvalue weighted by Gasteiger charge is 2.22. The van der Waals surface area contributed by atoms with E-state index in [9.17, 15) is 4.39 Å². The van der Waals surface area contributed by atoms with Gasteiger partial charge >= 0.3 is 0 Å². The molecule has 0 aliphatic heterocycles. The molecule has 3 heteroatoms. The van der Waals surface area contributed by atoms with Crippen LogP contribution in [0.5, 0.6) is 5.06 Å². The van der Waals surface area contributed by atoms with Crippen molar-refractivity contribution in [2.24, 2.45) is 5.92 Å². The third kappa shape index (κ3) is 3.99. The number of ether oxygens (including phenoxy) is 1. The van der Waals surface area contributed by atoms with Gasteiger partial charge in [0.15, 0.2) is 5.06 Å². The summed E-state index contributed by atoms with van der Waals surface area (Å²) in [7, 11) is 0. The SMILES string of the molecule is CCCc1ccc(-c2ccc(-c3ccc(OCC4CC4)s3)c(F)c2)cc1. The highest BCUT2D eigenvalue weighted by atomic mass is 32.1. The zero-order valence-corrected chi connectivity index (χ0v) is 15.8. The van der Waals surface area contributed by atoms with E-state index in [1.807, 2.05) is 24.3 Å². The molecule has 26 heavy (non-hydrogen) atoms. The van der Waals surface area contributed by atoms with Crippen LogP contribution < -0.4 is 4.74 Å². The van der Waals surface area contributed by atoms with E-state index in [-0.39, 0.29) is 5.82 Å². The van der Waals surface area contributed by atoms with Crippen LogP contribution in [0.3, 0.4) is 0 Å². The van der Waals surface area contributed by atoms with Gasteiger partial charge in [0.2, 0.25) is 0 Å². The molecule has 1 aromatic heterocycles. The summed E-state index contributed by atoms with van der Waals surface area (Å²) in [6, 6.07) is 17.8. The molecule has 134 valence electrons. The predicted molar refractivity (Wildman–Crippen MR) is 107 cm³/mol. The number of benzene rings is 2. The molecule has 1 saturated carbocycles. The van der Waals surface area contributed by atoms with Gasteiger partial charge in [0.05, 0.1) is 6.61 Å². The van der Waals surface area contributed by atoms with Crippen LogP contribution in [0.15, 0.2) is 54.6 Å². The van der Waals surface area contributed by atoms with Crippen molar-refractivity contribution in [1.82, 2.24) is 0 Å². The lowest BCUT2D eigenvalue weighted by atomic mass is 10.0. The standard InChI is InChI=1S/C23H23FOS/c1-2-3-16-6-8-18(9-7-16)19-10-11-20(21(24)14-19)22-12-13-23(26-22)25-15-17-4-5-17/h6-14,17H,2-5,15H2,1H3. The fourth-order valence-corrected chi connectivity index (χ4v) is 3.97. The summed E-state index contributed by atoms with van der Waals surface area (Å²) >= 11 is 1.52. The maximum atomic E-state index is 14.7. The van der Waals surface area contributed by atoms with E-state index >= 15 is 0 Å². The van der Waals surface area contributed by atoms with Gasteiger partial charge in [-0.1, -0.05) is 55.0 Å². The van der Waals surface area contributed by atoms with Crippen molar-refractivity contribution in [1.29, 1.82) is 0 Å². The third-order valence-corrected chi connectivity index (χ3v) is 5.83. The van der Waals surface area contributed by atoms with Crippen LogP contribution >= 0.6 is 11.3 Å². The van der Waals surface area contributed by atoms with Gasteiger partial charge in [-0.05, 0) is 66.1 Å². The molecular weight excluding hydrogens is 343 g/mol. The van der Waals surface area contributed by atoms with E-state index in [4.69, 9.17) is 4.74 Å². The number of hydrogen-bond acceptors (Lipinski definition) is 2. The van der Waals surface area contributed by atoms with Gasteiger partial charge in [-0.25, -0.2) is 4.39 Å². The van der Waals surface area contributed by atoms with Crippen LogP contribution in [-0.4, -0.2) is 6.61 Å². The van der Waals surface area contributed by atoms with E-state index in [0.29, 0.717) is 5.56 Å². The lowest BCUT2D eigenvalue weighted by molar-refractivity contribution is 0.308. The molecule has 1 aliphatic carbocycles. The molecule has 0 saturated heterocycles. The summed E-state index contributed by atoms with van der Waals surface area (Å²) in [5.41, 5.74) is 3.93. The second kappa shape index (κ2) is 7.63. The minimum absolute atomic E-state index is 0.185. The molecule has 0 bridgehead atoms. The molecule has 1 nitrogen and oxygen atoms in total. The van der Waals surface area contributed by atoms with Gasteiger partial charge in [-0.3, -0.25) is 0 Å². The van der Waals surface area contributed by atoms with E-state index in [1.54, 1.807) is 6.07 Å². The van der Waals surface area contributed by atoms with Crippen LogP contribution in [0.1, 0.15) is 31.7 Å². The van der Waals surface area contributed by atoms with Gasteiger partial charge in [-0.15, -0.1) is 0 Å². The van der Waals surface area contributed by atoms with E-state index < -0.39 is 0 Å². The monoisotopic (exact) mass is 366 g/mol. The lowest BCUT2D eigenvalue weighted by Gasteiger charge is -2.07. The maximum Gasteiger partial charge on any atom is 0.174 e. The van der Waals surface area contributed by atoms with Crippen molar-refractivity contribution < 1.29 is 9.13 Å². The first kappa shape index (κ1) is 17.3. The number of rotatable bonds is 7. The van der Waals surface area contributed by atoms with Crippen molar-refractivity contribution in [2.45, 2.75) is 32.6 Å². The summed E-state index contributed by atoms with van der Waals surface area (Å²) in [5, 5.41) is 0.877. The molecule has 0 atom stereocenters. The quantitative estimate of drug-likeness (QED) is 0.439. The predicted octanol–water partition coefficient (Wildman–Crippen LogP) is 6.96. The lowest BCUT2D eigenvalue weighted by Crippen LogP contribution is -1.96. The first-order valence-electron chi connectivity index (χ1n) is 9.35. The molecule has 0 unspecified atom stereocenters. The van der Waals surface area contributed by atoms with Gasteiger partial charge < -0.3 is 4.74 Å². The highest BCUT2D eigenvalue weighted by molar-refractivity contribution is 7.17. The molecule has 1 heterocycles. The topological polar surface area (TPSA) is 9.23 Å². The van der Waals surface area contributed by atoms with E-state index in [1.165, 1.54) is 29.7 Å². The molecule has 3 aromatic rings. The van der Waals surface area contributed by atoms with E-state index in [2.05, 4.69) is 31.2 Å². The average Bonchev–Trinajstić information content (AvgIpc) is 3.37. The van der Waals surface area contributed by atoms with Crippen molar-refractivity contribution in [2.75, 3.05) is 6.61 Å².